The lowest BCUT2D eigenvalue weighted by molar-refractivity contribution is -0.470. The smallest absolute Gasteiger partial charge is 0.287 e. The fourth-order valence-corrected chi connectivity index (χ4v) is 4.59. The number of hydrogen-bond donors (Lipinski definition) is 1. The van der Waals surface area contributed by atoms with Crippen LogP contribution in [0.5, 0.6) is 0 Å². The van der Waals surface area contributed by atoms with Crippen molar-refractivity contribution in [1.29, 1.82) is 0 Å². The summed E-state index contributed by atoms with van der Waals surface area (Å²) in [5.74, 6) is 0.777. The Morgan fingerprint density at radius 2 is 1.80 bits per heavy atom. The van der Waals surface area contributed by atoms with Gasteiger partial charge >= 0.3 is 0 Å². The van der Waals surface area contributed by atoms with Crippen LogP contribution in [0, 0.1) is 6.92 Å². The van der Waals surface area contributed by atoms with Crippen molar-refractivity contribution in [3.63, 3.8) is 0 Å². The number of thiophene rings is 1. The first kappa shape index (κ1) is 17.1. The number of nitrogens with zero attached hydrogens (tertiary/aromatic N) is 4. The van der Waals surface area contributed by atoms with Crippen LogP contribution in [0.25, 0.3) is 44.1 Å². The second kappa shape index (κ2) is 6.33. The highest BCUT2D eigenvalue weighted by Gasteiger charge is 2.27. The first-order valence-corrected chi connectivity index (χ1v) is 10.5. The molecule has 0 radical (unpaired) electrons. The van der Waals surface area contributed by atoms with Gasteiger partial charge in [0.05, 0.1) is 5.69 Å². The summed E-state index contributed by atoms with van der Waals surface area (Å²) in [4.78, 5) is 22.7. The summed E-state index contributed by atoms with van der Waals surface area (Å²) in [6.07, 6.45) is 0. The molecule has 4 aromatic heterocycles. The summed E-state index contributed by atoms with van der Waals surface area (Å²) in [6, 6.07) is 21.8. The van der Waals surface area contributed by atoms with Crippen LogP contribution >= 0.6 is 11.3 Å². The van der Waals surface area contributed by atoms with Crippen molar-refractivity contribution in [3.05, 3.63) is 88.0 Å². The highest BCUT2D eigenvalue weighted by Crippen LogP contribution is 2.26. The molecule has 1 N–H and O–H groups in total. The largest absolute Gasteiger partial charge is 0.287 e. The molecule has 0 aliphatic carbocycles. The summed E-state index contributed by atoms with van der Waals surface area (Å²) in [5.41, 5.74) is 4.35. The first-order chi connectivity index (χ1) is 14.7. The van der Waals surface area contributed by atoms with Gasteiger partial charge in [0.25, 0.3) is 5.82 Å². The van der Waals surface area contributed by atoms with Gasteiger partial charge < -0.3 is 0 Å². The molecule has 7 heteroatoms. The lowest BCUT2D eigenvalue weighted by Gasteiger charge is -2.09. The van der Waals surface area contributed by atoms with Crippen molar-refractivity contribution >= 4 is 39.1 Å². The molecule has 144 valence electrons. The number of H-pyrrole nitrogens is 1. The first-order valence-electron chi connectivity index (χ1n) is 9.58. The highest BCUT2D eigenvalue weighted by molar-refractivity contribution is 7.13. The summed E-state index contributed by atoms with van der Waals surface area (Å²) >= 11 is 1.62. The van der Waals surface area contributed by atoms with Crippen molar-refractivity contribution < 1.29 is 4.40 Å². The van der Waals surface area contributed by atoms with Gasteiger partial charge in [-0.3, -0.25) is 9.78 Å². The van der Waals surface area contributed by atoms with E-state index in [4.69, 9.17) is 4.98 Å². The number of hydrogen-bond acceptors (Lipinski definition) is 4. The van der Waals surface area contributed by atoms with Crippen molar-refractivity contribution in [3.8, 4) is 16.4 Å². The molecule has 0 saturated heterocycles. The third kappa shape index (κ3) is 2.36. The Balaban J connectivity index is 1.90. The van der Waals surface area contributed by atoms with Gasteiger partial charge in [-0.2, -0.15) is 14.2 Å². The van der Waals surface area contributed by atoms with Crippen LogP contribution in [0.4, 0.5) is 0 Å². The summed E-state index contributed by atoms with van der Waals surface area (Å²) < 4.78 is 3.80. The SMILES string of the molecule is Cc1nn(-c2ccccc2)c2nc(-c3cccs3)[n+]3c4ccccc4[nH]c3c2c1=O. The van der Waals surface area contributed by atoms with Crippen LogP contribution in [-0.4, -0.2) is 19.7 Å². The predicted molar refractivity (Wildman–Crippen MR) is 118 cm³/mol. The molecular weight excluding hydrogens is 394 g/mol. The zero-order valence-electron chi connectivity index (χ0n) is 16.0. The van der Waals surface area contributed by atoms with E-state index in [1.165, 1.54) is 0 Å². The Morgan fingerprint density at radius 3 is 2.60 bits per heavy atom. The zero-order chi connectivity index (χ0) is 20.2. The Morgan fingerprint density at radius 1 is 1.00 bits per heavy atom. The Labute approximate surface area is 174 Å². The van der Waals surface area contributed by atoms with Crippen molar-refractivity contribution in [2.24, 2.45) is 0 Å². The third-order valence-electron chi connectivity index (χ3n) is 5.25. The van der Waals surface area contributed by atoms with Crippen LogP contribution in [0.15, 0.2) is 76.9 Å². The van der Waals surface area contributed by atoms with Gasteiger partial charge in [-0.1, -0.05) is 41.4 Å². The number of aromatic nitrogens is 5. The Bertz CT molecular complexity index is 1620. The molecule has 0 amide bonds. The van der Waals surface area contributed by atoms with Crippen molar-refractivity contribution in [1.82, 2.24) is 19.7 Å². The van der Waals surface area contributed by atoms with Crippen molar-refractivity contribution in [2.45, 2.75) is 6.92 Å². The topological polar surface area (TPSA) is 67.7 Å². The third-order valence-corrected chi connectivity index (χ3v) is 6.12. The second-order valence-corrected chi connectivity index (χ2v) is 8.05. The molecule has 0 unspecified atom stereocenters. The number of rotatable bonds is 2. The van der Waals surface area contributed by atoms with Crippen molar-refractivity contribution in [2.75, 3.05) is 0 Å². The van der Waals surface area contributed by atoms with E-state index in [0.29, 0.717) is 16.7 Å². The molecule has 0 aliphatic rings. The number of benzene rings is 2. The molecule has 0 bridgehead atoms. The van der Waals surface area contributed by atoms with Gasteiger partial charge in [0.15, 0.2) is 5.39 Å². The van der Waals surface area contributed by atoms with Gasteiger partial charge in [-0.15, -0.1) is 11.3 Å². The van der Waals surface area contributed by atoms with Gasteiger partial charge in [-0.25, -0.2) is 0 Å². The predicted octanol–water partition coefficient (Wildman–Crippen LogP) is 4.04. The minimum Gasteiger partial charge on any atom is -0.287 e. The zero-order valence-corrected chi connectivity index (χ0v) is 16.9. The number of para-hydroxylation sites is 3. The molecule has 0 fully saturated rings. The molecule has 0 atom stereocenters. The molecule has 2 aromatic carbocycles. The fourth-order valence-electron chi connectivity index (χ4n) is 3.89. The number of nitrogens with one attached hydrogen (secondary N) is 1. The summed E-state index contributed by atoms with van der Waals surface area (Å²) in [6.45, 7) is 1.74. The summed E-state index contributed by atoms with van der Waals surface area (Å²) in [7, 11) is 0. The number of aromatic amines is 1. The van der Waals surface area contributed by atoms with E-state index in [2.05, 4.69) is 10.1 Å². The van der Waals surface area contributed by atoms with E-state index in [9.17, 15) is 4.79 Å². The lowest BCUT2D eigenvalue weighted by Crippen LogP contribution is -2.29. The maximum Gasteiger partial charge on any atom is 0.287 e. The fraction of sp³-hybridized carbons (Fsp3) is 0.0435. The van der Waals surface area contributed by atoms with Gasteiger partial charge in [-0.05, 0) is 42.6 Å². The maximum atomic E-state index is 13.3. The van der Waals surface area contributed by atoms with Crippen LogP contribution in [0.3, 0.4) is 0 Å². The molecule has 4 heterocycles. The minimum atomic E-state index is -0.119. The van der Waals surface area contributed by atoms with E-state index in [1.807, 2.05) is 76.5 Å². The van der Waals surface area contributed by atoms with Crippen LogP contribution < -0.4 is 9.83 Å². The average molecular weight is 410 g/mol. The number of fused-ring (bicyclic) bond motifs is 5. The van der Waals surface area contributed by atoms with E-state index in [-0.39, 0.29) is 5.43 Å². The quantitative estimate of drug-likeness (QED) is 0.438. The average Bonchev–Trinajstić information content (AvgIpc) is 3.44. The monoisotopic (exact) mass is 410 g/mol. The molecule has 6 rings (SSSR count). The molecule has 0 aliphatic heterocycles. The molecule has 30 heavy (non-hydrogen) atoms. The molecule has 0 spiro atoms. The van der Waals surface area contributed by atoms with Crippen LogP contribution in [0.2, 0.25) is 0 Å². The lowest BCUT2D eigenvalue weighted by atomic mass is 10.2. The van der Waals surface area contributed by atoms with Gasteiger partial charge in [0.2, 0.25) is 16.7 Å². The second-order valence-electron chi connectivity index (χ2n) is 7.10. The molecule has 0 saturated carbocycles. The normalized spacial score (nSPS) is 11.6. The highest BCUT2D eigenvalue weighted by atomic mass is 32.1. The van der Waals surface area contributed by atoms with Gasteiger partial charge in [0, 0.05) is 0 Å². The van der Waals surface area contributed by atoms with Crippen LogP contribution in [0.1, 0.15) is 5.69 Å². The van der Waals surface area contributed by atoms with E-state index < -0.39 is 0 Å². The Kier molecular flexibility index (Phi) is 3.60. The maximum absolute atomic E-state index is 13.3. The molecule has 6 aromatic rings. The number of imidazole rings is 1. The van der Waals surface area contributed by atoms with Gasteiger partial charge in [0.1, 0.15) is 21.6 Å². The number of aryl methyl sites for hydroxylation is 1. The van der Waals surface area contributed by atoms with E-state index in [1.54, 1.807) is 22.9 Å². The van der Waals surface area contributed by atoms with E-state index in [0.717, 1.165) is 33.1 Å². The standard InChI is InChI=1S/C23H15N5OS/c1-14-20(29)19-22-24-16-10-5-6-11-17(16)27(22)21(18-12-7-13-30-18)25-23(19)28(26-14)15-8-3-2-4-9-15/h2-13H,1H3/p+1. The minimum absolute atomic E-state index is 0.119. The summed E-state index contributed by atoms with van der Waals surface area (Å²) in [5, 5.41) is 7.13. The van der Waals surface area contributed by atoms with Crippen LogP contribution in [-0.2, 0) is 0 Å². The Hall–Kier alpha value is -3.84. The molecule has 6 nitrogen and oxygen atoms in total. The molecular formula is C23H16N5OS+. The van der Waals surface area contributed by atoms with E-state index >= 15 is 0 Å².